The summed E-state index contributed by atoms with van der Waals surface area (Å²) in [7, 11) is 2.00. The number of nitrogens with one attached hydrogen (secondary N) is 1. The molecule has 0 radical (unpaired) electrons. The summed E-state index contributed by atoms with van der Waals surface area (Å²) in [4.78, 5) is 0. The van der Waals surface area contributed by atoms with E-state index < -0.39 is 0 Å². The molecule has 1 aromatic carbocycles. The average molecular weight is 205 g/mol. The van der Waals surface area contributed by atoms with Gasteiger partial charge in [-0.2, -0.15) is 0 Å². The first-order valence-electron chi connectivity index (χ1n) is 5.66. The zero-order valence-electron chi connectivity index (χ0n) is 9.29. The molecule has 1 unspecified atom stereocenters. The first-order valence-corrected chi connectivity index (χ1v) is 5.66. The molecule has 2 heteroatoms. The molecule has 0 bridgehead atoms. The van der Waals surface area contributed by atoms with Crippen molar-refractivity contribution >= 4 is 0 Å². The van der Waals surface area contributed by atoms with Crippen molar-refractivity contribution in [3.63, 3.8) is 0 Å². The van der Waals surface area contributed by atoms with Crippen molar-refractivity contribution in [1.82, 2.24) is 5.32 Å². The van der Waals surface area contributed by atoms with Crippen LogP contribution >= 0.6 is 0 Å². The highest BCUT2D eigenvalue weighted by molar-refractivity contribution is 5.32. The fraction of sp³-hybridized carbons (Fsp3) is 0.538. The SMILES string of the molecule is CNC1(CCO)CCc2ccccc2C1. The van der Waals surface area contributed by atoms with E-state index in [0.29, 0.717) is 0 Å². The highest BCUT2D eigenvalue weighted by Gasteiger charge is 2.31. The topological polar surface area (TPSA) is 32.3 Å². The van der Waals surface area contributed by atoms with E-state index in [4.69, 9.17) is 5.11 Å². The molecule has 82 valence electrons. The van der Waals surface area contributed by atoms with Crippen LogP contribution in [0, 0.1) is 0 Å². The van der Waals surface area contributed by atoms with Crippen LogP contribution in [0.25, 0.3) is 0 Å². The van der Waals surface area contributed by atoms with Crippen LogP contribution in [0.1, 0.15) is 24.0 Å². The molecule has 2 N–H and O–H groups in total. The number of likely N-dealkylation sites (N-methyl/N-ethyl adjacent to an activating group) is 1. The van der Waals surface area contributed by atoms with Crippen molar-refractivity contribution in [1.29, 1.82) is 0 Å². The number of hydrogen-bond acceptors (Lipinski definition) is 2. The summed E-state index contributed by atoms with van der Waals surface area (Å²) >= 11 is 0. The Morgan fingerprint density at radius 1 is 1.33 bits per heavy atom. The summed E-state index contributed by atoms with van der Waals surface area (Å²) < 4.78 is 0. The summed E-state index contributed by atoms with van der Waals surface area (Å²) in [5.74, 6) is 0. The number of aliphatic hydroxyl groups excluding tert-OH is 1. The second-order valence-corrected chi connectivity index (χ2v) is 4.45. The quantitative estimate of drug-likeness (QED) is 0.784. The first-order chi connectivity index (χ1) is 7.29. The Morgan fingerprint density at radius 3 is 2.73 bits per heavy atom. The molecule has 1 aliphatic rings. The van der Waals surface area contributed by atoms with Crippen LogP contribution in [0.3, 0.4) is 0 Å². The number of rotatable bonds is 3. The summed E-state index contributed by atoms with van der Waals surface area (Å²) in [6.07, 6.45) is 4.14. The van der Waals surface area contributed by atoms with Crippen LogP contribution in [-0.4, -0.2) is 24.3 Å². The Kier molecular flexibility index (Phi) is 3.08. The van der Waals surface area contributed by atoms with Gasteiger partial charge in [-0.15, -0.1) is 0 Å². The maximum Gasteiger partial charge on any atom is 0.0448 e. The van der Waals surface area contributed by atoms with Gasteiger partial charge in [0.1, 0.15) is 0 Å². The number of aliphatic hydroxyl groups is 1. The van der Waals surface area contributed by atoms with E-state index in [9.17, 15) is 0 Å². The Hall–Kier alpha value is -0.860. The van der Waals surface area contributed by atoms with E-state index in [1.807, 2.05) is 7.05 Å². The largest absolute Gasteiger partial charge is 0.396 e. The van der Waals surface area contributed by atoms with E-state index in [1.165, 1.54) is 11.1 Å². The Morgan fingerprint density at radius 2 is 2.07 bits per heavy atom. The molecule has 0 saturated heterocycles. The Labute approximate surface area is 91.3 Å². The molecule has 0 heterocycles. The third-order valence-electron chi connectivity index (χ3n) is 3.64. The lowest BCUT2D eigenvalue weighted by Crippen LogP contribution is -2.48. The molecular formula is C13H19NO. The molecule has 0 saturated carbocycles. The molecule has 15 heavy (non-hydrogen) atoms. The second-order valence-electron chi connectivity index (χ2n) is 4.45. The standard InChI is InChI=1S/C13H19NO/c1-14-13(8-9-15)7-6-11-4-2-3-5-12(11)10-13/h2-5,14-15H,6-10H2,1H3. The lowest BCUT2D eigenvalue weighted by atomic mass is 9.76. The van der Waals surface area contributed by atoms with Crippen molar-refractivity contribution in [2.45, 2.75) is 31.2 Å². The van der Waals surface area contributed by atoms with Crippen LogP contribution < -0.4 is 5.32 Å². The predicted molar refractivity (Wildman–Crippen MR) is 62.0 cm³/mol. The van der Waals surface area contributed by atoms with Gasteiger partial charge in [0.15, 0.2) is 0 Å². The monoisotopic (exact) mass is 205 g/mol. The molecule has 0 amide bonds. The van der Waals surface area contributed by atoms with Gasteiger partial charge in [-0.25, -0.2) is 0 Å². The van der Waals surface area contributed by atoms with Gasteiger partial charge >= 0.3 is 0 Å². The molecule has 2 rings (SSSR count). The molecule has 0 aliphatic heterocycles. The van der Waals surface area contributed by atoms with Gasteiger partial charge in [-0.05, 0) is 43.9 Å². The van der Waals surface area contributed by atoms with Crippen molar-refractivity contribution < 1.29 is 5.11 Å². The van der Waals surface area contributed by atoms with E-state index in [-0.39, 0.29) is 12.1 Å². The zero-order chi connectivity index (χ0) is 10.7. The third kappa shape index (κ3) is 2.06. The van der Waals surface area contributed by atoms with Crippen LogP contribution in [0.4, 0.5) is 0 Å². The summed E-state index contributed by atoms with van der Waals surface area (Å²) in [5.41, 5.74) is 3.02. The maximum absolute atomic E-state index is 9.12. The van der Waals surface area contributed by atoms with Crippen molar-refractivity contribution in [3.8, 4) is 0 Å². The van der Waals surface area contributed by atoms with Gasteiger partial charge in [0, 0.05) is 12.1 Å². The average Bonchev–Trinajstić information content (AvgIpc) is 2.29. The lowest BCUT2D eigenvalue weighted by Gasteiger charge is -2.38. The Bertz CT molecular complexity index is 337. The summed E-state index contributed by atoms with van der Waals surface area (Å²) in [6.45, 7) is 0.267. The van der Waals surface area contributed by atoms with Crippen LogP contribution in [0.2, 0.25) is 0 Å². The third-order valence-corrected chi connectivity index (χ3v) is 3.64. The zero-order valence-corrected chi connectivity index (χ0v) is 9.29. The number of benzene rings is 1. The molecule has 0 aromatic heterocycles. The van der Waals surface area contributed by atoms with Crippen molar-refractivity contribution in [3.05, 3.63) is 35.4 Å². The molecule has 2 nitrogen and oxygen atoms in total. The molecule has 0 spiro atoms. The van der Waals surface area contributed by atoms with Gasteiger partial charge < -0.3 is 10.4 Å². The van der Waals surface area contributed by atoms with Gasteiger partial charge in [0.05, 0.1) is 0 Å². The fourth-order valence-electron chi connectivity index (χ4n) is 2.57. The molecule has 0 fully saturated rings. The van der Waals surface area contributed by atoms with Gasteiger partial charge in [0.25, 0.3) is 0 Å². The van der Waals surface area contributed by atoms with Crippen molar-refractivity contribution in [2.75, 3.05) is 13.7 Å². The number of fused-ring (bicyclic) bond motifs is 1. The number of hydrogen-bond donors (Lipinski definition) is 2. The highest BCUT2D eigenvalue weighted by atomic mass is 16.3. The lowest BCUT2D eigenvalue weighted by molar-refractivity contribution is 0.200. The minimum absolute atomic E-state index is 0.114. The van der Waals surface area contributed by atoms with Crippen LogP contribution in [0.15, 0.2) is 24.3 Å². The summed E-state index contributed by atoms with van der Waals surface area (Å²) in [5, 5.41) is 12.5. The predicted octanol–water partition coefficient (Wildman–Crippen LogP) is 1.52. The fourth-order valence-corrected chi connectivity index (χ4v) is 2.57. The van der Waals surface area contributed by atoms with Gasteiger partial charge in [0.2, 0.25) is 0 Å². The van der Waals surface area contributed by atoms with Crippen molar-refractivity contribution in [2.24, 2.45) is 0 Å². The minimum atomic E-state index is 0.114. The minimum Gasteiger partial charge on any atom is -0.396 e. The highest BCUT2D eigenvalue weighted by Crippen LogP contribution is 2.30. The maximum atomic E-state index is 9.12. The molecule has 1 atom stereocenters. The smallest absolute Gasteiger partial charge is 0.0448 e. The van der Waals surface area contributed by atoms with E-state index in [0.717, 1.165) is 25.7 Å². The second kappa shape index (κ2) is 4.33. The van der Waals surface area contributed by atoms with E-state index in [2.05, 4.69) is 29.6 Å². The van der Waals surface area contributed by atoms with Gasteiger partial charge in [-0.3, -0.25) is 0 Å². The van der Waals surface area contributed by atoms with E-state index in [1.54, 1.807) is 0 Å². The molecule has 1 aromatic rings. The summed E-state index contributed by atoms with van der Waals surface area (Å²) in [6, 6.07) is 8.63. The van der Waals surface area contributed by atoms with Crippen LogP contribution in [-0.2, 0) is 12.8 Å². The normalized spacial score (nSPS) is 24.9. The van der Waals surface area contributed by atoms with Gasteiger partial charge in [-0.1, -0.05) is 24.3 Å². The number of aryl methyl sites for hydroxylation is 1. The first kappa shape index (κ1) is 10.7. The Balaban J connectivity index is 2.22. The van der Waals surface area contributed by atoms with E-state index >= 15 is 0 Å². The molecular weight excluding hydrogens is 186 g/mol. The van der Waals surface area contributed by atoms with Crippen LogP contribution in [0.5, 0.6) is 0 Å². The molecule has 1 aliphatic carbocycles.